The highest BCUT2D eigenvalue weighted by Crippen LogP contribution is 2.25. The summed E-state index contributed by atoms with van der Waals surface area (Å²) in [5.74, 6) is 0.935. The average Bonchev–Trinajstić information content (AvgIpc) is 2.35. The molecule has 0 saturated heterocycles. The van der Waals surface area contributed by atoms with Crippen LogP contribution in [0.1, 0.15) is 5.56 Å². The van der Waals surface area contributed by atoms with Crippen LogP contribution in [0.25, 0.3) is 6.08 Å². The lowest BCUT2D eigenvalue weighted by Crippen LogP contribution is -1.94. The fourth-order valence-corrected chi connectivity index (χ4v) is 1.18. The molecule has 0 heterocycles. The Balaban J connectivity index is 2.95. The number of benzene rings is 1. The van der Waals surface area contributed by atoms with E-state index in [1.807, 2.05) is 0 Å². The zero-order valence-electron chi connectivity index (χ0n) is 9.52. The van der Waals surface area contributed by atoms with Gasteiger partial charge in [0.15, 0.2) is 0 Å². The predicted molar refractivity (Wildman–Crippen MR) is 60.6 cm³/mol. The van der Waals surface area contributed by atoms with Crippen molar-refractivity contribution in [3.8, 4) is 11.5 Å². The van der Waals surface area contributed by atoms with Crippen LogP contribution in [0.3, 0.4) is 0 Å². The number of ether oxygens (including phenoxy) is 3. The highest BCUT2D eigenvalue weighted by atomic mass is 16.5. The molecule has 0 unspecified atom stereocenters. The molecule has 0 radical (unpaired) electrons. The van der Waals surface area contributed by atoms with E-state index in [9.17, 15) is 4.79 Å². The number of esters is 1. The summed E-state index contributed by atoms with van der Waals surface area (Å²) in [6.07, 6.45) is 2.97. The standard InChI is InChI=1S/C12H14O4/c1-14-10-6-4-9(11(8-10)15-2)5-7-12(13)16-3/h4-8H,1-3H3. The van der Waals surface area contributed by atoms with Gasteiger partial charge >= 0.3 is 5.97 Å². The Morgan fingerprint density at radius 1 is 1.19 bits per heavy atom. The molecule has 1 rings (SSSR count). The summed E-state index contributed by atoms with van der Waals surface area (Å²) in [4.78, 5) is 10.9. The first-order chi connectivity index (χ1) is 7.71. The molecule has 0 amide bonds. The van der Waals surface area contributed by atoms with Gasteiger partial charge in [0, 0.05) is 17.7 Å². The second kappa shape index (κ2) is 5.80. The monoisotopic (exact) mass is 222 g/mol. The zero-order valence-corrected chi connectivity index (χ0v) is 9.52. The summed E-state index contributed by atoms with van der Waals surface area (Å²) < 4.78 is 14.7. The first-order valence-electron chi connectivity index (χ1n) is 4.69. The summed E-state index contributed by atoms with van der Waals surface area (Å²) in [6.45, 7) is 0. The van der Waals surface area contributed by atoms with E-state index in [4.69, 9.17) is 9.47 Å². The van der Waals surface area contributed by atoms with Gasteiger partial charge in [-0.2, -0.15) is 0 Å². The summed E-state index contributed by atoms with van der Waals surface area (Å²) in [5.41, 5.74) is 0.786. The molecule has 0 aliphatic rings. The third-order valence-corrected chi connectivity index (χ3v) is 2.04. The number of hydrogen-bond acceptors (Lipinski definition) is 4. The minimum Gasteiger partial charge on any atom is -0.497 e. The van der Waals surface area contributed by atoms with Crippen LogP contribution in [0, 0.1) is 0 Å². The Morgan fingerprint density at radius 3 is 2.50 bits per heavy atom. The van der Waals surface area contributed by atoms with Crippen LogP contribution in [0.4, 0.5) is 0 Å². The van der Waals surface area contributed by atoms with Crippen molar-refractivity contribution in [1.29, 1.82) is 0 Å². The third kappa shape index (κ3) is 3.02. The Hall–Kier alpha value is -1.97. The molecule has 16 heavy (non-hydrogen) atoms. The molecule has 0 aliphatic carbocycles. The molecule has 0 bridgehead atoms. The second-order valence-corrected chi connectivity index (χ2v) is 2.96. The van der Waals surface area contributed by atoms with Gasteiger partial charge in [-0.15, -0.1) is 0 Å². The molecule has 0 N–H and O–H groups in total. The van der Waals surface area contributed by atoms with Crippen molar-refractivity contribution >= 4 is 12.0 Å². The van der Waals surface area contributed by atoms with Crippen LogP contribution in [-0.2, 0) is 9.53 Å². The summed E-state index contributed by atoms with van der Waals surface area (Å²) in [5, 5.41) is 0. The Bertz CT molecular complexity index is 396. The molecule has 86 valence electrons. The first-order valence-corrected chi connectivity index (χ1v) is 4.69. The van der Waals surface area contributed by atoms with Crippen LogP contribution < -0.4 is 9.47 Å². The van der Waals surface area contributed by atoms with E-state index < -0.39 is 5.97 Å². The van der Waals surface area contributed by atoms with Crippen LogP contribution in [0.5, 0.6) is 11.5 Å². The van der Waals surface area contributed by atoms with Crippen LogP contribution >= 0.6 is 0 Å². The number of methoxy groups -OCH3 is 3. The van der Waals surface area contributed by atoms with Gasteiger partial charge in [-0.05, 0) is 18.2 Å². The fraction of sp³-hybridized carbons (Fsp3) is 0.250. The SMILES string of the molecule is COC(=O)C=Cc1ccc(OC)cc1OC. The van der Waals surface area contributed by atoms with E-state index in [2.05, 4.69) is 4.74 Å². The largest absolute Gasteiger partial charge is 0.497 e. The van der Waals surface area contributed by atoms with Gasteiger partial charge in [-0.1, -0.05) is 0 Å². The van der Waals surface area contributed by atoms with Gasteiger partial charge in [0.25, 0.3) is 0 Å². The van der Waals surface area contributed by atoms with Crippen molar-refractivity contribution in [2.75, 3.05) is 21.3 Å². The van der Waals surface area contributed by atoms with Gasteiger partial charge < -0.3 is 14.2 Å². The molecule has 0 saturated carbocycles. The van der Waals surface area contributed by atoms with Crippen molar-refractivity contribution in [2.24, 2.45) is 0 Å². The summed E-state index contributed by atoms with van der Waals surface area (Å²) >= 11 is 0. The Morgan fingerprint density at radius 2 is 1.94 bits per heavy atom. The molecule has 0 aliphatic heterocycles. The highest BCUT2D eigenvalue weighted by molar-refractivity contribution is 5.87. The average molecular weight is 222 g/mol. The van der Waals surface area contributed by atoms with Crippen molar-refractivity contribution in [3.63, 3.8) is 0 Å². The normalized spacial score (nSPS) is 10.2. The molecular formula is C12H14O4. The molecule has 0 spiro atoms. The van der Waals surface area contributed by atoms with Crippen molar-refractivity contribution in [1.82, 2.24) is 0 Å². The van der Waals surface area contributed by atoms with Gasteiger partial charge in [0.1, 0.15) is 11.5 Å². The second-order valence-electron chi connectivity index (χ2n) is 2.96. The van der Waals surface area contributed by atoms with E-state index in [1.54, 1.807) is 38.5 Å². The number of hydrogen-bond donors (Lipinski definition) is 0. The summed E-state index contributed by atoms with van der Waals surface area (Å²) in [7, 11) is 4.47. The maximum Gasteiger partial charge on any atom is 0.330 e. The Kier molecular flexibility index (Phi) is 4.39. The molecule has 4 heteroatoms. The van der Waals surface area contributed by atoms with Crippen molar-refractivity contribution in [2.45, 2.75) is 0 Å². The van der Waals surface area contributed by atoms with Crippen LogP contribution in [0.15, 0.2) is 24.3 Å². The minimum absolute atomic E-state index is 0.405. The first kappa shape index (κ1) is 12.1. The quantitative estimate of drug-likeness (QED) is 0.576. The van der Waals surface area contributed by atoms with Crippen LogP contribution in [-0.4, -0.2) is 27.3 Å². The van der Waals surface area contributed by atoms with E-state index in [0.29, 0.717) is 11.5 Å². The number of carbonyl (C=O) groups excluding carboxylic acids is 1. The highest BCUT2D eigenvalue weighted by Gasteiger charge is 2.02. The molecule has 4 nitrogen and oxygen atoms in total. The topological polar surface area (TPSA) is 44.8 Å². The molecule has 1 aromatic rings. The number of rotatable bonds is 4. The van der Waals surface area contributed by atoms with Crippen LogP contribution in [0.2, 0.25) is 0 Å². The maximum absolute atomic E-state index is 10.9. The zero-order chi connectivity index (χ0) is 12.0. The molecular weight excluding hydrogens is 208 g/mol. The third-order valence-electron chi connectivity index (χ3n) is 2.04. The molecule has 0 atom stereocenters. The lowest BCUT2D eigenvalue weighted by molar-refractivity contribution is -0.134. The predicted octanol–water partition coefficient (Wildman–Crippen LogP) is 1.89. The fourth-order valence-electron chi connectivity index (χ4n) is 1.18. The van der Waals surface area contributed by atoms with E-state index in [0.717, 1.165) is 5.56 Å². The molecule has 1 aromatic carbocycles. The van der Waals surface area contributed by atoms with E-state index in [1.165, 1.54) is 13.2 Å². The minimum atomic E-state index is -0.405. The maximum atomic E-state index is 10.9. The lowest BCUT2D eigenvalue weighted by Gasteiger charge is -2.06. The van der Waals surface area contributed by atoms with E-state index >= 15 is 0 Å². The van der Waals surface area contributed by atoms with E-state index in [-0.39, 0.29) is 0 Å². The summed E-state index contributed by atoms with van der Waals surface area (Å²) in [6, 6.07) is 5.34. The lowest BCUT2D eigenvalue weighted by atomic mass is 10.2. The number of carbonyl (C=O) groups is 1. The van der Waals surface area contributed by atoms with Gasteiger partial charge in [-0.3, -0.25) is 0 Å². The molecule has 0 aromatic heterocycles. The van der Waals surface area contributed by atoms with Crippen molar-refractivity contribution in [3.05, 3.63) is 29.8 Å². The van der Waals surface area contributed by atoms with Crippen molar-refractivity contribution < 1.29 is 19.0 Å². The van der Waals surface area contributed by atoms with Gasteiger partial charge in [-0.25, -0.2) is 4.79 Å². The van der Waals surface area contributed by atoms with Gasteiger partial charge in [0.05, 0.1) is 21.3 Å². The molecule has 0 fully saturated rings. The smallest absolute Gasteiger partial charge is 0.330 e. The Labute approximate surface area is 94.4 Å². The van der Waals surface area contributed by atoms with Gasteiger partial charge in [0.2, 0.25) is 0 Å².